The van der Waals surface area contributed by atoms with Gasteiger partial charge in [-0.15, -0.1) is 0 Å². The number of imidazole rings is 1. The van der Waals surface area contributed by atoms with Crippen LogP contribution in [-0.2, 0) is 7.05 Å². The Balaban J connectivity index is 1.93. The first kappa shape index (κ1) is 11.1. The minimum absolute atomic E-state index is 0.0732. The monoisotopic (exact) mass is 245 g/mol. The number of fused-ring (bicyclic) bond motifs is 1. The standard InChI is InChI=1S/C13H15N3O2/c1-7-5-9(7)14-12(17)8-3-4-11-10(6-8)15-13(18)16(11)2/h3-4,6-7,9H,5H2,1-2H3,(H,14,17)(H,15,18)/t7-,9+/m1/s1. The third kappa shape index (κ3) is 1.72. The molecule has 2 N–H and O–H groups in total. The number of carbonyl (C=O) groups excluding carboxylic acids is 1. The molecule has 2 atom stereocenters. The zero-order valence-corrected chi connectivity index (χ0v) is 10.4. The molecule has 0 unspecified atom stereocenters. The average molecular weight is 245 g/mol. The second kappa shape index (κ2) is 3.73. The third-order valence-corrected chi connectivity index (χ3v) is 3.59. The summed E-state index contributed by atoms with van der Waals surface area (Å²) in [7, 11) is 1.70. The van der Waals surface area contributed by atoms with Crippen molar-refractivity contribution in [2.24, 2.45) is 13.0 Å². The number of nitrogens with one attached hydrogen (secondary N) is 2. The van der Waals surface area contributed by atoms with E-state index in [1.807, 2.05) is 0 Å². The second-order valence-electron chi connectivity index (χ2n) is 5.01. The van der Waals surface area contributed by atoms with Gasteiger partial charge in [-0.1, -0.05) is 6.92 Å². The van der Waals surface area contributed by atoms with Crippen molar-refractivity contribution in [3.8, 4) is 0 Å². The van der Waals surface area contributed by atoms with Gasteiger partial charge in [0, 0.05) is 18.7 Å². The first-order valence-corrected chi connectivity index (χ1v) is 6.06. The molecule has 1 fully saturated rings. The quantitative estimate of drug-likeness (QED) is 0.829. The lowest BCUT2D eigenvalue weighted by atomic mass is 10.2. The van der Waals surface area contributed by atoms with Gasteiger partial charge in [0.25, 0.3) is 5.91 Å². The number of amides is 1. The largest absolute Gasteiger partial charge is 0.349 e. The van der Waals surface area contributed by atoms with Crippen molar-refractivity contribution < 1.29 is 4.79 Å². The van der Waals surface area contributed by atoms with Crippen LogP contribution in [-0.4, -0.2) is 21.5 Å². The molecule has 0 bridgehead atoms. The van der Waals surface area contributed by atoms with Crippen LogP contribution in [0.15, 0.2) is 23.0 Å². The van der Waals surface area contributed by atoms with Gasteiger partial charge in [-0.25, -0.2) is 4.79 Å². The smallest absolute Gasteiger partial charge is 0.326 e. The van der Waals surface area contributed by atoms with Crippen molar-refractivity contribution in [2.75, 3.05) is 0 Å². The Labute approximate surface area is 104 Å². The maximum atomic E-state index is 12.0. The van der Waals surface area contributed by atoms with Crippen LogP contribution in [0.25, 0.3) is 11.0 Å². The number of aromatic nitrogens is 2. The predicted octanol–water partition coefficient (Wildman–Crippen LogP) is 1.00. The number of carbonyl (C=O) groups is 1. The number of aromatic amines is 1. The van der Waals surface area contributed by atoms with Crippen LogP contribution in [0.5, 0.6) is 0 Å². The van der Waals surface area contributed by atoms with Gasteiger partial charge in [0.1, 0.15) is 0 Å². The molecule has 0 spiro atoms. The highest BCUT2D eigenvalue weighted by Gasteiger charge is 2.33. The molecule has 1 aliphatic rings. The number of rotatable bonds is 2. The normalized spacial score (nSPS) is 22.1. The first-order valence-electron chi connectivity index (χ1n) is 6.06. The van der Waals surface area contributed by atoms with Crippen LogP contribution in [0, 0.1) is 5.92 Å². The second-order valence-corrected chi connectivity index (χ2v) is 5.01. The fourth-order valence-corrected chi connectivity index (χ4v) is 2.15. The summed E-state index contributed by atoms with van der Waals surface area (Å²) in [5.41, 5.74) is 1.91. The van der Waals surface area contributed by atoms with Crippen LogP contribution in [0.1, 0.15) is 23.7 Å². The number of H-pyrrole nitrogens is 1. The SMILES string of the molecule is C[C@@H]1C[C@@H]1NC(=O)c1ccc2c(c1)[nH]c(=O)n2C. The summed E-state index contributed by atoms with van der Waals surface area (Å²) in [5.74, 6) is 0.505. The van der Waals surface area contributed by atoms with Crippen molar-refractivity contribution >= 4 is 16.9 Å². The molecule has 0 aliphatic heterocycles. The molecule has 18 heavy (non-hydrogen) atoms. The summed E-state index contributed by atoms with van der Waals surface area (Å²) < 4.78 is 1.53. The van der Waals surface area contributed by atoms with E-state index in [9.17, 15) is 9.59 Å². The number of aryl methyl sites for hydroxylation is 1. The van der Waals surface area contributed by atoms with E-state index >= 15 is 0 Å². The molecule has 5 nitrogen and oxygen atoms in total. The van der Waals surface area contributed by atoms with Crippen molar-refractivity contribution in [1.82, 2.24) is 14.9 Å². The molecule has 1 aromatic heterocycles. The van der Waals surface area contributed by atoms with Gasteiger partial charge >= 0.3 is 5.69 Å². The zero-order valence-electron chi connectivity index (χ0n) is 10.4. The van der Waals surface area contributed by atoms with Gasteiger partial charge in [0.05, 0.1) is 11.0 Å². The van der Waals surface area contributed by atoms with Crippen LogP contribution in [0.3, 0.4) is 0 Å². The summed E-state index contributed by atoms with van der Waals surface area (Å²) >= 11 is 0. The van der Waals surface area contributed by atoms with Crippen LogP contribution in [0.4, 0.5) is 0 Å². The molecule has 94 valence electrons. The molecular formula is C13H15N3O2. The Morgan fingerprint density at radius 1 is 1.50 bits per heavy atom. The molecule has 1 aliphatic carbocycles. The Morgan fingerprint density at radius 3 is 2.89 bits per heavy atom. The van der Waals surface area contributed by atoms with E-state index < -0.39 is 0 Å². The van der Waals surface area contributed by atoms with Gasteiger partial charge in [-0.3, -0.25) is 9.36 Å². The summed E-state index contributed by atoms with van der Waals surface area (Å²) in [6.45, 7) is 2.11. The Kier molecular flexibility index (Phi) is 2.29. The van der Waals surface area contributed by atoms with E-state index in [1.165, 1.54) is 4.57 Å². The average Bonchev–Trinajstić information content (AvgIpc) is 2.95. The van der Waals surface area contributed by atoms with Crippen molar-refractivity contribution in [3.63, 3.8) is 0 Å². The van der Waals surface area contributed by atoms with Crippen molar-refractivity contribution in [2.45, 2.75) is 19.4 Å². The highest BCUT2D eigenvalue weighted by atomic mass is 16.2. The topological polar surface area (TPSA) is 66.9 Å². The molecular weight excluding hydrogens is 230 g/mol. The zero-order chi connectivity index (χ0) is 12.9. The van der Waals surface area contributed by atoms with Gasteiger partial charge < -0.3 is 10.3 Å². The van der Waals surface area contributed by atoms with Crippen molar-refractivity contribution in [3.05, 3.63) is 34.2 Å². The van der Waals surface area contributed by atoms with Crippen molar-refractivity contribution in [1.29, 1.82) is 0 Å². The molecule has 1 saturated carbocycles. The minimum Gasteiger partial charge on any atom is -0.349 e. The molecule has 0 radical (unpaired) electrons. The molecule has 2 aromatic rings. The van der Waals surface area contributed by atoms with E-state index in [1.54, 1.807) is 25.2 Å². The maximum absolute atomic E-state index is 12.0. The number of nitrogens with zero attached hydrogens (tertiary/aromatic N) is 1. The van der Waals surface area contributed by atoms with Gasteiger partial charge in [-0.05, 0) is 30.5 Å². The number of hydrogen-bond donors (Lipinski definition) is 2. The van der Waals surface area contributed by atoms with Gasteiger partial charge in [0.2, 0.25) is 0 Å². The molecule has 0 saturated heterocycles. The highest BCUT2D eigenvalue weighted by Crippen LogP contribution is 2.29. The van der Waals surface area contributed by atoms with Gasteiger partial charge in [0.15, 0.2) is 0 Å². The first-order chi connectivity index (χ1) is 8.56. The Bertz CT molecular complexity index is 683. The van der Waals surface area contributed by atoms with E-state index in [0.717, 1.165) is 11.9 Å². The lowest BCUT2D eigenvalue weighted by Gasteiger charge is -2.04. The summed E-state index contributed by atoms with van der Waals surface area (Å²) in [5, 5.41) is 2.97. The molecule has 1 aromatic carbocycles. The lowest BCUT2D eigenvalue weighted by Crippen LogP contribution is -2.26. The van der Waals surface area contributed by atoms with Crippen LogP contribution in [0.2, 0.25) is 0 Å². The van der Waals surface area contributed by atoms with E-state index in [2.05, 4.69) is 17.2 Å². The predicted molar refractivity (Wildman–Crippen MR) is 68.6 cm³/mol. The Hall–Kier alpha value is -2.04. The molecule has 5 heteroatoms. The summed E-state index contributed by atoms with van der Waals surface area (Å²) in [6.07, 6.45) is 1.05. The summed E-state index contributed by atoms with van der Waals surface area (Å²) in [4.78, 5) is 26.2. The Morgan fingerprint density at radius 2 is 2.22 bits per heavy atom. The van der Waals surface area contributed by atoms with Crippen LogP contribution >= 0.6 is 0 Å². The summed E-state index contributed by atoms with van der Waals surface area (Å²) in [6, 6.07) is 5.57. The van der Waals surface area contributed by atoms with Crippen LogP contribution < -0.4 is 11.0 Å². The highest BCUT2D eigenvalue weighted by molar-refractivity contribution is 5.97. The molecule has 3 rings (SSSR count). The van der Waals surface area contributed by atoms with Gasteiger partial charge in [-0.2, -0.15) is 0 Å². The fourth-order valence-electron chi connectivity index (χ4n) is 2.15. The lowest BCUT2D eigenvalue weighted by molar-refractivity contribution is 0.0949. The van der Waals surface area contributed by atoms with E-state index in [4.69, 9.17) is 0 Å². The molecule has 1 heterocycles. The molecule has 1 amide bonds. The third-order valence-electron chi connectivity index (χ3n) is 3.59. The fraction of sp³-hybridized carbons (Fsp3) is 0.385. The number of hydrogen-bond acceptors (Lipinski definition) is 2. The number of benzene rings is 1. The van der Waals surface area contributed by atoms with E-state index in [0.29, 0.717) is 23.0 Å². The maximum Gasteiger partial charge on any atom is 0.326 e. The van der Waals surface area contributed by atoms with E-state index in [-0.39, 0.29) is 11.6 Å². The minimum atomic E-state index is -0.168.